The highest BCUT2D eigenvalue weighted by Gasteiger charge is 2.45. The molecule has 1 aliphatic heterocycles. The maximum absolute atomic E-state index is 13.0. The molecule has 1 heterocycles. The first kappa shape index (κ1) is 23.9. The fourth-order valence-corrected chi connectivity index (χ4v) is 3.69. The van der Waals surface area contributed by atoms with Crippen LogP contribution in [-0.2, 0) is 14.3 Å². The quantitative estimate of drug-likeness (QED) is 0.153. The van der Waals surface area contributed by atoms with Crippen LogP contribution in [0.5, 0.6) is 5.75 Å². The van der Waals surface area contributed by atoms with Gasteiger partial charge in [0, 0.05) is 30.8 Å². The summed E-state index contributed by atoms with van der Waals surface area (Å²) in [6.07, 6.45) is 0.551. The van der Waals surface area contributed by atoms with Gasteiger partial charge in [0.25, 0.3) is 17.4 Å². The van der Waals surface area contributed by atoms with E-state index < -0.39 is 22.7 Å². The molecule has 1 saturated heterocycles. The Hall–Kier alpha value is -3.72. The summed E-state index contributed by atoms with van der Waals surface area (Å²) in [4.78, 5) is 37.7. The lowest BCUT2D eigenvalue weighted by atomic mass is 9.95. The highest BCUT2D eigenvalue weighted by Crippen LogP contribution is 2.40. The molecule has 3 rings (SSSR count). The largest absolute Gasteiger partial charge is 0.507 e. The molecule has 33 heavy (non-hydrogen) atoms. The summed E-state index contributed by atoms with van der Waals surface area (Å²) in [7, 11) is 1.53. The zero-order valence-corrected chi connectivity index (χ0v) is 18.7. The molecule has 0 radical (unpaired) electrons. The number of ketones is 1. The van der Waals surface area contributed by atoms with Crippen molar-refractivity contribution in [3.05, 3.63) is 75.3 Å². The third-order valence-electron chi connectivity index (χ3n) is 5.32. The molecule has 2 aromatic carbocycles. The Kier molecular flexibility index (Phi) is 7.44. The average Bonchev–Trinajstić information content (AvgIpc) is 3.06. The van der Waals surface area contributed by atoms with Gasteiger partial charge in [0.1, 0.15) is 11.5 Å². The molecule has 1 atom stereocenters. The first-order valence-electron chi connectivity index (χ1n) is 10.5. The first-order valence-corrected chi connectivity index (χ1v) is 10.5. The predicted molar refractivity (Wildman–Crippen MR) is 121 cm³/mol. The van der Waals surface area contributed by atoms with E-state index in [4.69, 9.17) is 9.47 Å². The van der Waals surface area contributed by atoms with Gasteiger partial charge < -0.3 is 19.5 Å². The standard InChI is InChI=1S/C24H26N2O7/c1-15(2)33-14-4-13-25-21(16-7-11-19(32-3)12-8-16)20(23(28)24(25)29)22(27)17-5-9-18(10-6-17)26(30)31/h5-12,15,21,27H,4,13-14H2,1-3H3/t21-/m1/s1. The number of aliphatic hydroxyl groups excluding tert-OH is 1. The van der Waals surface area contributed by atoms with Crippen LogP contribution in [0.4, 0.5) is 5.69 Å². The second kappa shape index (κ2) is 10.3. The molecule has 0 spiro atoms. The lowest BCUT2D eigenvalue weighted by molar-refractivity contribution is -0.384. The van der Waals surface area contributed by atoms with Gasteiger partial charge in [0.15, 0.2) is 0 Å². The van der Waals surface area contributed by atoms with Gasteiger partial charge in [0.2, 0.25) is 0 Å². The van der Waals surface area contributed by atoms with Gasteiger partial charge in [-0.15, -0.1) is 0 Å². The van der Waals surface area contributed by atoms with E-state index >= 15 is 0 Å². The molecule has 1 fully saturated rings. The van der Waals surface area contributed by atoms with Gasteiger partial charge in [-0.2, -0.15) is 0 Å². The van der Waals surface area contributed by atoms with E-state index in [1.165, 1.54) is 36.3 Å². The van der Waals surface area contributed by atoms with Crippen molar-refractivity contribution >= 4 is 23.1 Å². The molecule has 174 valence electrons. The number of aliphatic hydroxyl groups is 1. The molecule has 0 aliphatic carbocycles. The van der Waals surface area contributed by atoms with Gasteiger partial charge >= 0.3 is 0 Å². The maximum atomic E-state index is 13.0. The number of benzene rings is 2. The van der Waals surface area contributed by atoms with Crippen molar-refractivity contribution in [1.82, 2.24) is 4.90 Å². The van der Waals surface area contributed by atoms with Crippen LogP contribution in [0.1, 0.15) is 37.4 Å². The molecule has 9 nitrogen and oxygen atoms in total. The fraction of sp³-hybridized carbons (Fsp3) is 0.333. The third kappa shape index (κ3) is 5.20. The zero-order chi connectivity index (χ0) is 24.1. The molecule has 0 saturated carbocycles. The number of nitrogens with zero attached hydrogens (tertiary/aromatic N) is 2. The molecule has 1 N–H and O–H groups in total. The molecule has 2 aromatic rings. The molecule has 0 aromatic heterocycles. The normalized spacial score (nSPS) is 17.6. The van der Waals surface area contributed by atoms with Crippen LogP contribution in [0.3, 0.4) is 0 Å². The highest BCUT2D eigenvalue weighted by atomic mass is 16.6. The second-order valence-electron chi connectivity index (χ2n) is 7.84. The van der Waals surface area contributed by atoms with E-state index in [2.05, 4.69) is 0 Å². The Labute approximate surface area is 191 Å². The number of methoxy groups -OCH3 is 1. The molecule has 0 unspecified atom stereocenters. The first-order chi connectivity index (χ1) is 15.7. The van der Waals surface area contributed by atoms with E-state index in [0.29, 0.717) is 24.3 Å². The number of nitro groups is 1. The lowest BCUT2D eigenvalue weighted by Crippen LogP contribution is -2.31. The van der Waals surface area contributed by atoms with E-state index in [1.807, 2.05) is 13.8 Å². The van der Waals surface area contributed by atoms with Gasteiger partial charge in [-0.3, -0.25) is 19.7 Å². The molecule has 1 amide bonds. The van der Waals surface area contributed by atoms with Crippen LogP contribution in [0.2, 0.25) is 0 Å². The number of carbonyl (C=O) groups excluding carboxylic acids is 2. The van der Waals surface area contributed by atoms with Crippen molar-refractivity contribution in [2.45, 2.75) is 32.4 Å². The fourth-order valence-electron chi connectivity index (χ4n) is 3.69. The van der Waals surface area contributed by atoms with E-state index in [1.54, 1.807) is 24.3 Å². The average molecular weight is 454 g/mol. The summed E-state index contributed by atoms with van der Waals surface area (Å²) >= 11 is 0. The minimum Gasteiger partial charge on any atom is -0.507 e. The number of nitro benzene ring substituents is 1. The van der Waals surface area contributed by atoms with Gasteiger partial charge in [-0.05, 0) is 50.1 Å². The Morgan fingerprint density at radius 3 is 2.30 bits per heavy atom. The van der Waals surface area contributed by atoms with Crippen molar-refractivity contribution in [1.29, 1.82) is 0 Å². The van der Waals surface area contributed by atoms with Crippen molar-refractivity contribution in [2.24, 2.45) is 0 Å². The van der Waals surface area contributed by atoms with Crippen molar-refractivity contribution in [3.63, 3.8) is 0 Å². The van der Waals surface area contributed by atoms with E-state index in [0.717, 1.165) is 0 Å². The van der Waals surface area contributed by atoms with Gasteiger partial charge in [-0.1, -0.05) is 12.1 Å². The number of ether oxygens (including phenoxy) is 2. The van der Waals surface area contributed by atoms with Crippen LogP contribution in [0.15, 0.2) is 54.1 Å². The molecule has 9 heteroatoms. The summed E-state index contributed by atoms with van der Waals surface area (Å²) < 4.78 is 10.7. The molecule has 0 bridgehead atoms. The highest BCUT2D eigenvalue weighted by molar-refractivity contribution is 6.46. The third-order valence-corrected chi connectivity index (χ3v) is 5.32. The van der Waals surface area contributed by atoms with Crippen LogP contribution in [-0.4, -0.2) is 53.0 Å². The summed E-state index contributed by atoms with van der Waals surface area (Å²) in [5.74, 6) is -1.30. The summed E-state index contributed by atoms with van der Waals surface area (Å²) in [6.45, 7) is 4.49. The minimum absolute atomic E-state index is 0.0416. The van der Waals surface area contributed by atoms with Crippen LogP contribution in [0.25, 0.3) is 5.76 Å². The number of Topliss-reactive ketones (excluding diaryl/α,β-unsaturated/α-hetero) is 1. The minimum atomic E-state index is -0.815. The number of non-ortho nitro benzene ring substituents is 1. The maximum Gasteiger partial charge on any atom is 0.295 e. The summed E-state index contributed by atoms with van der Waals surface area (Å²) in [5, 5.41) is 21.9. The Balaban J connectivity index is 2.03. The van der Waals surface area contributed by atoms with Crippen LogP contribution in [0, 0.1) is 10.1 Å². The summed E-state index contributed by atoms with van der Waals surface area (Å²) in [5.41, 5.74) is 0.621. The summed E-state index contributed by atoms with van der Waals surface area (Å²) in [6, 6.07) is 11.2. The van der Waals surface area contributed by atoms with Crippen LogP contribution < -0.4 is 4.74 Å². The molecule has 1 aliphatic rings. The van der Waals surface area contributed by atoms with Gasteiger partial charge in [0.05, 0.1) is 29.8 Å². The lowest BCUT2D eigenvalue weighted by Gasteiger charge is -2.25. The molecular formula is C24H26N2O7. The van der Waals surface area contributed by atoms with Crippen molar-refractivity contribution in [3.8, 4) is 5.75 Å². The monoisotopic (exact) mass is 454 g/mol. The number of rotatable bonds is 9. The number of amides is 1. The zero-order valence-electron chi connectivity index (χ0n) is 18.7. The van der Waals surface area contributed by atoms with Crippen molar-refractivity contribution < 1.29 is 29.1 Å². The Morgan fingerprint density at radius 2 is 1.76 bits per heavy atom. The molecular weight excluding hydrogens is 428 g/mol. The predicted octanol–water partition coefficient (Wildman–Crippen LogP) is 3.84. The van der Waals surface area contributed by atoms with Gasteiger partial charge in [-0.25, -0.2) is 0 Å². The van der Waals surface area contributed by atoms with E-state index in [-0.39, 0.29) is 35.2 Å². The Bertz CT molecular complexity index is 1060. The van der Waals surface area contributed by atoms with Crippen molar-refractivity contribution in [2.75, 3.05) is 20.3 Å². The smallest absolute Gasteiger partial charge is 0.295 e. The topological polar surface area (TPSA) is 119 Å². The Morgan fingerprint density at radius 1 is 1.12 bits per heavy atom. The second-order valence-corrected chi connectivity index (χ2v) is 7.84. The number of carbonyl (C=O) groups is 2. The van der Waals surface area contributed by atoms with E-state index in [9.17, 15) is 24.8 Å². The number of hydrogen-bond donors (Lipinski definition) is 1. The van der Waals surface area contributed by atoms with Crippen LogP contribution >= 0.6 is 0 Å². The SMILES string of the molecule is COc1ccc([C@@H]2C(=C(O)c3ccc([N+](=O)[O-])cc3)C(=O)C(=O)N2CCCOC(C)C)cc1. The number of likely N-dealkylation sites (tertiary alicyclic amines) is 1. The number of hydrogen-bond acceptors (Lipinski definition) is 7.